The SMILES string of the molecule is COc1ccc(COc2ncc(F)c(C)n2)cc1. The van der Waals surface area contributed by atoms with Crippen LogP contribution in [0.1, 0.15) is 11.3 Å². The Morgan fingerprint density at radius 3 is 2.56 bits per heavy atom. The first-order chi connectivity index (χ1) is 8.69. The van der Waals surface area contributed by atoms with Crippen LogP contribution in [-0.4, -0.2) is 17.1 Å². The van der Waals surface area contributed by atoms with Crippen LogP contribution < -0.4 is 9.47 Å². The van der Waals surface area contributed by atoms with Gasteiger partial charge in [-0.15, -0.1) is 0 Å². The monoisotopic (exact) mass is 248 g/mol. The van der Waals surface area contributed by atoms with E-state index < -0.39 is 5.82 Å². The van der Waals surface area contributed by atoms with E-state index in [1.165, 1.54) is 0 Å². The Labute approximate surface area is 104 Å². The van der Waals surface area contributed by atoms with Gasteiger partial charge < -0.3 is 9.47 Å². The van der Waals surface area contributed by atoms with Crippen molar-refractivity contribution in [3.05, 3.63) is 47.5 Å². The van der Waals surface area contributed by atoms with Crippen molar-refractivity contribution in [2.45, 2.75) is 13.5 Å². The molecule has 5 heteroatoms. The summed E-state index contributed by atoms with van der Waals surface area (Å²) in [7, 11) is 1.61. The van der Waals surface area contributed by atoms with Gasteiger partial charge in [0.15, 0.2) is 5.82 Å². The predicted octanol–water partition coefficient (Wildman–Crippen LogP) is 2.51. The number of halogens is 1. The number of methoxy groups -OCH3 is 1. The van der Waals surface area contributed by atoms with Crippen LogP contribution in [0.2, 0.25) is 0 Å². The molecule has 0 saturated carbocycles. The lowest BCUT2D eigenvalue weighted by Crippen LogP contribution is -2.01. The molecule has 2 rings (SSSR count). The quantitative estimate of drug-likeness (QED) is 0.834. The molecule has 94 valence electrons. The second-order valence-corrected chi connectivity index (χ2v) is 3.72. The highest BCUT2D eigenvalue weighted by Gasteiger charge is 2.03. The molecule has 0 spiro atoms. The van der Waals surface area contributed by atoms with Crippen LogP contribution in [0.3, 0.4) is 0 Å². The van der Waals surface area contributed by atoms with E-state index in [1.807, 2.05) is 24.3 Å². The Morgan fingerprint density at radius 2 is 1.94 bits per heavy atom. The number of aryl methyl sites for hydroxylation is 1. The Balaban J connectivity index is 1.99. The van der Waals surface area contributed by atoms with Gasteiger partial charge in [0.25, 0.3) is 0 Å². The number of rotatable bonds is 4. The highest BCUT2D eigenvalue weighted by molar-refractivity contribution is 5.26. The Morgan fingerprint density at radius 1 is 1.22 bits per heavy atom. The Kier molecular flexibility index (Phi) is 3.72. The molecular formula is C13H13FN2O2. The number of hydrogen-bond donors (Lipinski definition) is 0. The van der Waals surface area contributed by atoms with Crippen molar-refractivity contribution in [2.24, 2.45) is 0 Å². The summed E-state index contributed by atoms with van der Waals surface area (Å²) >= 11 is 0. The second-order valence-electron chi connectivity index (χ2n) is 3.72. The molecule has 0 aliphatic heterocycles. The van der Waals surface area contributed by atoms with Gasteiger partial charge in [-0.2, -0.15) is 4.98 Å². The van der Waals surface area contributed by atoms with Crippen LogP contribution in [0, 0.1) is 12.7 Å². The highest BCUT2D eigenvalue weighted by Crippen LogP contribution is 2.13. The molecule has 0 aliphatic rings. The molecule has 0 amide bonds. The van der Waals surface area contributed by atoms with Crippen molar-refractivity contribution in [3.8, 4) is 11.8 Å². The van der Waals surface area contributed by atoms with Crippen molar-refractivity contribution in [1.29, 1.82) is 0 Å². The van der Waals surface area contributed by atoms with E-state index in [0.29, 0.717) is 6.61 Å². The molecule has 0 bridgehead atoms. The maximum Gasteiger partial charge on any atom is 0.317 e. The Bertz CT molecular complexity index is 529. The van der Waals surface area contributed by atoms with E-state index in [1.54, 1.807) is 14.0 Å². The summed E-state index contributed by atoms with van der Waals surface area (Å²) in [5, 5.41) is 0. The summed E-state index contributed by atoms with van der Waals surface area (Å²) in [5.41, 5.74) is 1.23. The topological polar surface area (TPSA) is 44.2 Å². The third kappa shape index (κ3) is 2.94. The lowest BCUT2D eigenvalue weighted by Gasteiger charge is -2.06. The average Bonchev–Trinajstić information content (AvgIpc) is 2.41. The zero-order valence-corrected chi connectivity index (χ0v) is 10.2. The van der Waals surface area contributed by atoms with Gasteiger partial charge in [0.2, 0.25) is 0 Å². The molecule has 18 heavy (non-hydrogen) atoms. The van der Waals surface area contributed by atoms with Gasteiger partial charge in [-0.05, 0) is 24.6 Å². The van der Waals surface area contributed by atoms with Crippen molar-refractivity contribution in [2.75, 3.05) is 7.11 Å². The fourth-order valence-corrected chi connectivity index (χ4v) is 1.37. The standard InChI is InChI=1S/C13H13FN2O2/c1-9-12(14)7-15-13(16-9)18-8-10-3-5-11(17-2)6-4-10/h3-7H,8H2,1-2H3. The molecule has 0 N–H and O–H groups in total. The number of benzene rings is 1. The van der Waals surface area contributed by atoms with Crippen molar-refractivity contribution >= 4 is 0 Å². The van der Waals surface area contributed by atoms with E-state index in [9.17, 15) is 4.39 Å². The average molecular weight is 248 g/mol. The van der Waals surface area contributed by atoms with Crippen LogP contribution in [0.4, 0.5) is 4.39 Å². The van der Waals surface area contributed by atoms with Crippen LogP contribution in [0.5, 0.6) is 11.8 Å². The fraction of sp³-hybridized carbons (Fsp3) is 0.231. The van der Waals surface area contributed by atoms with Gasteiger partial charge in [-0.3, -0.25) is 0 Å². The molecule has 0 atom stereocenters. The van der Waals surface area contributed by atoms with E-state index >= 15 is 0 Å². The fourth-order valence-electron chi connectivity index (χ4n) is 1.37. The minimum atomic E-state index is -0.438. The smallest absolute Gasteiger partial charge is 0.317 e. The van der Waals surface area contributed by atoms with Gasteiger partial charge in [-0.1, -0.05) is 12.1 Å². The largest absolute Gasteiger partial charge is 0.497 e. The number of nitrogens with zero attached hydrogens (tertiary/aromatic N) is 2. The molecule has 0 saturated heterocycles. The van der Waals surface area contributed by atoms with Gasteiger partial charge in [0.05, 0.1) is 19.0 Å². The van der Waals surface area contributed by atoms with Gasteiger partial charge >= 0.3 is 6.01 Å². The molecule has 0 radical (unpaired) electrons. The molecule has 4 nitrogen and oxygen atoms in total. The van der Waals surface area contributed by atoms with Crippen molar-refractivity contribution < 1.29 is 13.9 Å². The summed E-state index contributed by atoms with van der Waals surface area (Å²) in [6, 6.07) is 7.62. The first-order valence-corrected chi connectivity index (χ1v) is 5.44. The molecule has 1 aromatic carbocycles. The van der Waals surface area contributed by atoms with E-state index in [4.69, 9.17) is 9.47 Å². The zero-order valence-electron chi connectivity index (χ0n) is 10.2. The van der Waals surface area contributed by atoms with E-state index in [-0.39, 0.29) is 11.7 Å². The predicted molar refractivity (Wildman–Crippen MR) is 64.1 cm³/mol. The number of hydrogen-bond acceptors (Lipinski definition) is 4. The van der Waals surface area contributed by atoms with Gasteiger partial charge in [0.1, 0.15) is 12.4 Å². The third-order valence-corrected chi connectivity index (χ3v) is 2.42. The lowest BCUT2D eigenvalue weighted by atomic mass is 10.2. The normalized spacial score (nSPS) is 10.2. The molecule has 2 aromatic rings. The van der Waals surface area contributed by atoms with Crippen LogP contribution in [0.15, 0.2) is 30.5 Å². The van der Waals surface area contributed by atoms with Crippen molar-refractivity contribution in [3.63, 3.8) is 0 Å². The molecule has 0 aliphatic carbocycles. The number of ether oxygens (including phenoxy) is 2. The van der Waals surface area contributed by atoms with E-state index in [0.717, 1.165) is 17.5 Å². The minimum absolute atomic E-state index is 0.171. The maximum absolute atomic E-state index is 13.0. The second kappa shape index (κ2) is 5.44. The minimum Gasteiger partial charge on any atom is -0.497 e. The molecular weight excluding hydrogens is 235 g/mol. The maximum atomic E-state index is 13.0. The summed E-state index contributed by atoms with van der Waals surface area (Å²) in [5.74, 6) is 0.347. The number of aromatic nitrogens is 2. The summed E-state index contributed by atoms with van der Waals surface area (Å²) < 4.78 is 23.4. The van der Waals surface area contributed by atoms with Crippen LogP contribution in [-0.2, 0) is 6.61 Å². The highest BCUT2D eigenvalue weighted by atomic mass is 19.1. The third-order valence-electron chi connectivity index (χ3n) is 2.42. The summed E-state index contributed by atoms with van der Waals surface area (Å²) in [6.45, 7) is 1.90. The van der Waals surface area contributed by atoms with Crippen molar-refractivity contribution in [1.82, 2.24) is 9.97 Å². The summed E-state index contributed by atoms with van der Waals surface area (Å²) in [4.78, 5) is 7.64. The molecule has 1 heterocycles. The lowest BCUT2D eigenvalue weighted by molar-refractivity contribution is 0.278. The van der Waals surface area contributed by atoms with Crippen LogP contribution in [0.25, 0.3) is 0 Å². The molecule has 1 aromatic heterocycles. The van der Waals surface area contributed by atoms with E-state index in [2.05, 4.69) is 9.97 Å². The molecule has 0 fully saturated rings. The zero-order chi connectivity index (χ0) is 13.0. The molecule has 0 unspecified atom stereocenters. The Hall–Kier alpha value is -2.17. The first-order valence-electron chi connectivity index (χ1n) is 5.44. The van der Waals surface area contributed by atoms with Gasteiger partial charge in [0, 0.05) is 0 Å². The first kappa shape index (κ1) is 12.3. The van der Waals surface area contributed by atoms with Crippen LogP contribution >= 0.6 is 0 Å². The van der Waals surface area contributed by atoms with Gasteiger partial charge in [-0.25, -0.2) is 9.37 Å². The summed E-state index contributed by atoms with van der Waals surface area (Å²) in [6.07, 6.45) is 1.10.